The Morgan fingerprint density at radius 3 is 3.00 bits per heavy atom. The molecule has 1 atom stereocenters. The molecule has 1 aliphatic carbocycles. The third kappa shape index (κ3) is 0.942. The Balaban J connectivity index is 2.30. The van der Waals surface area contributed by atoms with Gasteiger partial charge in [-0.05, 0) is 25.5 Å². The van der Waals surface area contributed by atoms with Gasteiger partial charge in [0.2, 0.25) is 0 Å². The van der Waals surface area contributed by atoms with Crippen LogP contribution < -0.4 is 5.32 Å². The molecular formula is C9H11NO. The fourth-order valence-corrected chi connectivity index (χ4v) is 1.71. The molecule has 1 fully saturated rings. The van der Waals surface area contributed by atoms with Crippen molar-refractivity contribution in [2.45, 2.75) is 18.4 Å². The van der Waals surface area contributed by atoms with Crippen LogP contribution in [0.1, 0.15) is 12.8 Å². The smallest absolute Gasteiger partial charge is 0.179 e. The van der Waals surface area contributed by atoms with Gasteiger partial charge in [0, 0.05) is 0 Å². The van der Waals surface area contributed by atoms with Gasteiger partial charge >= 0.3 is 0 Å². The Kier molecular flexibility index (Phi) is 1.43. The van der Waals surface area contributed by atoms with Crippen molar-refractivity contribution >= 4 is 5.78 Å². The Labute approximate surface area is 66.0 Å². The van der Waals surface area contributed by atoms with Crippen LogP contribution in [0.2, 0.25) is 0 Å². The minimum atomic E-state index is -0.325. The number of carbonyl (C=O) groups is 1. The van der Waals surface area contributed by atoms with E-state index < -0.39 is 0 Å². The standard InChI is InChI=1S/C9H11NO/c11-8-4-1-2-5-9(8)6-3-7-10-9/h1-2,4-5,10H,3,6-7H2. The lowest BCUT2D eigenvalue weighted by Gasteiger charge is -2.23. The molecule has 1 heterocycles. The highest BCUT2D eigenvalue weighted by Crippen LogP contribution is 2.24. The van der Waals surface area contributed by atoms with Crippen molar-refractivity contribution in [1.82, 2.24) is 5.32 Å². The first-order valence-corrected chi connectivity index (χ1v) is 3.99. The molecule has 2 rings (SSSR count). The van der Waals surface area contributed by atoms with Crippen molar-refractivity contribution in [3.63, 3.8) is 0 Å². The van der Waals surface area contributed by atoms with Gasteiger partial charge in [-0.1, -0.05) is 18.2 Å². The molecule has 2 nitrogen and oxygen atoms in total. The molecule has 1 spiro atoms. The maximum atomic E-state index is 11.4. The molecule has 0 aromatic heterocycles. The minimum absolute atomic E-state index is 0.206. The summed E-state index contributed by atoms with van der Waals surface area (Å²) in [4.78, 5) is 11.4. The van der Waals surface area contributed by atoms with E-state index in [1.54, 1.807) is 12.2 Å². The van der Waals surface area contributed by atoms with Crippen molar-refractivity contribution in [2.24, 2.45) is 0 Å². The number of hydrogen-bond donors (Lipinski definition) is 1. The van der Waals surface area contributed by atoms with Gasteiger partial charge in [-0.3, -0.25) is 4.79 Å². The zero-order valence-electron chi connectivity index (χ0n) is 6.34. The van der Waals surface area contributed by atoms with Crippen LogP contribution in [-0.4, -0.2) is 17.9 Å². The van der Waals surface area contributed by atoms with Crippen molar-refractivity contribution in [2.75, 3.05) is 6.54 Å². The topological polar surface area (TPSA) is 29.1 Å². The number of carbonyl (C=O) groups excluding carboxylic acids is 1. The predicted molar refractivity (Wildman–Crippen MR) is 43.3 cm³/mol. The molecule has 1 N–H and O–H groups in total. The van der Waals surface area contributed by atoms with Crippen LogP contribution in [0, 0.1) is 0 Å². The summed E-state index contributed by atoms with van der Waals surface area (Å²) >= 11 is 0. The molecule has 0 radical (unpaired) electrons. The molecule has 2 aliphatic rings. The van der Waals surface area contributed by atoms with E-state index in [1.807, 2.05) is 12.2 Å². The third-order valence-corrected chi connectivity index (χ3v) is 2.37. The molecule has 1 saturated heterocycles. The van der Waals surface area contributed by atoms with Gasteiger partial charge in [0.25, 0.3) is 0 Å². The first-order chi connectivity index (χ1) is 5.33. The molecule has 11 heavy (non-hydrogen) atoms. The van der Waals surface area contributed by atoms with E-state index in [1.165, 1.54) is 0 Å². The van der Waals surface area contributed by atoms with Crippen LogP contribution in [0.3, 0.4) is 0 Å². The van der Waals surface area contributed by atoms with Crippen LogP contribution in [0.5, 0.6) is 0 Å². The summed E-state index contributed by atoms with van der Waals surface area (Å²) in [6.07, 6.45) is 9.42. The second-order valence-corrected chi connectivity index (χ2v) is 3.08. The summed E-state index contributed by atoms with van der Waals surface area (Å²) in [6.45, 7) is 0.962. The van der Waals surface area contributed by atoms with Crippen molar-refractivity contribution in [3.8, 4) is 0 Å². The van der Waals surface area contributed by atoms with Crippen molar-refractivity contribution in [3.05, 3.63) is 24.3 Å². The molecule has 1 aliphatic heterocycles. The molecule has 0 aromatic carbocycles. The van der Waals surface area contributed by atoms with Gasteiger partial charge in [0.1, 0.15) is 5.54 Å². The van der Waals surface area contributed by atoms with Gasteiger partial charge in [-0.2, -0.15) is 0 Å². The van der Waals surface area contributed by atoms with Gasteiger partial charge in [0.15, 0.2) is 5.78 Å². The first-order valence-electron chi connectivity index (χ1n) is 3.99. The summed E-state index contributed by atoms with van der Waals surface area (Å²) in [7, 11) is 0. The Morgan fingerprint density at radius 1 is 1.45 bits per heavy atom. The van der Waals surface area contributed by atoms with Crippen LogP contribution >= 0.6 is 0 Å². The fraction of sp³-hybridized carbons (Fsp3) is 0.444. The third-order valence-electron chi connectivity index (χ3n) is 2.37. The lowest BCUT2D eigenvalue weighted by Crippen LogP contribution is -2.45. The van der Waals surface area contributed by atoms with Gasteiger partial charge in [-0.15, -0.1) is 0 Å². The molecule has 0 amide bonds. The largest absolute Gasteiger partial charge is 0.301 e. The average Bonchev–Trinajstić information content (AvgIpc) is 2.46. The van der Waals surface area contributed by atoms with E-state index in [9.17, 15) is 4.79 Å². The van der Waals surface area contributed by atoms with Crippen LogP contribution in [0.4, 0.5) is 0 Å². The van der Waals surface area contributed by atoms with Gasteiger partial charge in [0.05, 0.1) is 0 Å². The number of nitrogens with one attached hydrogen (secondary N) is 1. The molecule has 58 valence electrons. The number of allylic oxidation sites excluding steroid dienone is 2. The van der Waals surface area contributed by atoms with Crippen LogP contribution in [-0.2, 0) is 4.79 Å². The summed E-state index contributed by atoms with van der Waals surface area (Å²) < 4.78 is 0. The zero-order valence-corrected chi connectivity index (χ0v) is 6.34. The Bertz CT molecular complexity index is 234. The van der Waals surface area contributed by atoms with Crippen LogP contribution in [0.15, 0.2) is 24.3 Å². The molecule has 1 unspecified atom stereocenters. The molecular weight excluding hydrogens is 138 g/mol. The Hall–Kier alpha value is -0.890. The highest BCUT2D eigenvalue weighted by Gasteiger charge is 2.37. The lowest BCUT2D eigenvalue weighted by molar-refractivity contribution is -0.118. The summed E-state index contributed by atoms with van der Waals surface area (Å²) in [5, 5.41) is 3.23. The second kappa shape index (κ2) is 2.31. The summed E-state index contributed by atoms with van der Waals surface area (Å²) in [6, 6.07) is 0. The SMILES string of the molecule is O=C1C=CC=CC12CCCN2. The van der Waals surface area contributed by atoms with Crippen molar-refractivity contribution < 1.29 is 4.79 Å². The van der Waals surface area contributed by atoms with E-state index >= 15 is 0 Å². The highest BCUT2D eigenvalue weighted by molar-refractivity contribution is 6.01. The Morgan fingerprint density at radius 2 is 2.36 bits per heavy atom. The second-order valence-electron chi connectivity index (χ2n) is 3.08. The number of ketones is 1. The normalized spacial score (nSPS) is 35.5. The van der Waals surface area contributed by atoms with Gasteiger partial charge in [-0.25, -0.2) is 0 Å². The van der Waals surface area contributed by atoms with E-state index in [2.05, 4.69) is 5.32 Å². The maximum absolute atomic E-state index is 11.4. The van der Waals surface area contributed by atoms with E-state index in [0.717, 1.165) is 19.4 Å². The van der Waals surface area contributed by atoms with E-state index in [-0.39, 0.29) is 11.3 Å². The summed E-state index contributed by atoms with van der Waals surface area (Å²) in [5.41, 5.74) is -0.325. The molecule has 2 heteroatoms. The summed E-state index contributed by atoms with van der Waals surface area (Å²) in [5.74, 6) is 0.206. The quantitative estimate of drug-likeness (QED) is 0.552. The van der Waals surface area contributed by atoms with Crippen molar-refractivity contribution in [1.29, 1.82) is 0 Å². The molecule has 0 bridgehead atoms. The van der Waals surface area contributed by atoms with Crippen LogP contribution in [0.25, 0.3) is 0 Å². The predicted octanol–water partition coefficient (Wildman–Crippen LogP) is 0.804. The minimum Gasteiger partial charge on any atom is -0.301 e. The van der Waals surface area contributed by atoms with Gasteiger partial charge < -0.3 is 5.32 Å². The monoisotopic (exact) mass is 149 g/mol. The fourth-order valence-electron chi connectivity index (χ4n) is 1.71. The average molecular weight is 149 g/mol. The lowest BCUT2D eigenvalue weighted by atomic mass is 9.89. The maximum Gasteiger partial charge on any atom is 0.179 e. The molecule has 0 aromatic rings. The highest BCUT2D eigenvalue weighted by atomic mass is 16.1. The molecule has 0 saturated carbocycles. The van der Waals surface area contributed by atoms with E-state index in [0.29, 0.717) is 0 Å². The first kappa shape index (κ1) is 6.80. The van der Waals surface area contributed by atoms with E-state index in [4.69, 9.17) is 0 Å². The zero-order chi connectivity index (χ0) is 7.73. The number of rotatable bonds is 0. The number of hydrogen-bond acceptors (Lipinski definition) is 2.